The van der Waals surface area contributed by atoms with Gasteiger partial charge in [0.1, 0.15) is 12.6 Å². The van der Waals surface area contributed by atoms with Crippen LogP contribution < -0.4 is 16.4 Å². The Kier molecular flexibility index (Phi) is 7.22. The number of carbonyl (C=O) groups excluding carboxylic acids is 3. The van der Waals surface area contributed by atoms with E-state index in [9.17, 15) is 14.4 Å². The molecule has 0 aliphatic heterocycles. The van der Waals surface area contributed by atoms with Gasteiger partial charge in [0, 0.05) is 25.3 Å². The minimum absolute atomic E-state index is 0.00274. The third kappa shape index (κ3) is 5.43. The maximum atomic E-state index is 12.3. The van der Waals surface area contributed by atoms with E-state index in [4.69, 9.17) is 10.5 Å². The lowest BCUT2D eigenvalue weighted by Gasteiger charge is -2.16. The molecule has 0 unspecified atom stereocenters. The quantitative estimate of drug-likeness (QED) is 0.458. The molecule has 4 N–H and O–H groups in total. The summed E-state index contributed by atoms with van der Waals surface area (Å²) in [7, 11) is 0. The van der Waals surface area contributed by atoms with E-state index in [1.807, 2.05) is 54.6 Å². The molecule has 0 fully saturated rings. The van der Waals surface area contributed by atoms with Gasteiger partial charge in [0.2, 0.25) is 11.8 Å². The smallest absolute Gasteiger partial charge is 0.407 e. The Morgan fingerprint density at radius 2 is 1.44 bits per heavy atom. The molecule has 0 saturated heterocycles. The molecule has 34 heavy (non-hydrogen) atoms. The van der Waals surface area contributed by atoms with E-state index >= 15 is 0 Å². The third-order valence-electron chi connectivity index (χ3n) is 5.93. The highest BCUT2D eigenvalue weighted by Gasteiger charge is 2.29. The minimum Gasteiger partial charge on any atom is -0.449 e. The number of alkyl carbamates (subject to hydrolysis) is 1. The van der Waals surface area contributed by atoms with Crippen LogP contribution in [0.25, 0.3) is 11.1 Å². The van der Waals surface area contributed by atoms with Crippen molar-refractivity contribution in [3.05, 3.63) is 95.6 Å². The summed E-state index contributed by atoms with van der Waals surface area (Å²) in [6.07, 6.45) is -0.282. The summed E-state index contributed by atoms with van der Waals surface area (Å²) in [4.78, 5) is 36.2. The Morgan fingerprint density at radius 3 is 2.06 bits per heavy atom. The number of primary amides is 1. The van der Waals surface area contributed by atoms with E-state index in [1.54, 1.807) is 0 Å². The van der Waals surface area contributed by atoms with Crippen molar-refractivity contribution in [1.29, 1.82) is 0 Å². The number of nitrogens with two attached hydrogens (primary N) is 1. The zero-order valence-corrected chi connectivity index (χ0v) is 18.7. The molecule has 0 spiro atoms. The van der Waals surface area contributed by atoms with Crippen molar-refractivity contribution in [2.75, 3.05) is 13.2 Å². The maximum absolute atomic E-state index is 12.3. The minimum atomic E-state index is -0.815. The van der Waals surface area contributed by atoms with Gasteiger partial charge in [-0.05, 0) is 27.8 Å². The average molecular weight is 458 g/mol. The Balaban J connectivity index is 1.24. The van der Waals surface area contributed by atoms with E-state index in [2.05, 4.69) is 34.9 Å². The summed E-state index contributed by atoms with van der Waals surface area (Å²) in [5.74, 6) is -1.02. The third-order valence-corrected chi connectivity index (χ3v) is 5.93. The summed E-state index contributed by atoms with van der Waals surface area (Å²) < 4.78 is 5.46. The number of amides is 3. The molecule has 4 rings (SSSR count). The molecule has 0 saturated carbocycles. The number of carbonyl (C=O) groups is 3. The highest BCUT2D eigenvalue weighted by Crippen LogP contribution is 2.44. The van der Waals surface area contributed by atoms with Crippen LogP contribution in [0.1, 0.15) is 29.0 Å². The fourth-order valence-electron chi connectivity index (χ4n) is 4.27. The Morgan fingerprint density at radius 1 is 0.853 bits per heavy atom. The largest absolute Gasteiger partial charge is 0.449 e. The average Bonchev–Trinajstić information content (AvgIpc) is 3.16. The Hall–Kier alpha value is -4.13. The molecular weight excluding hydrogens is 430 g/mol. The number of fused-ring (bicyclic) bond motifs is 3. The van der Waals surface area contributed by atoms with E-state index < -0.39 is 18.0 Å². The van der Waals surface area contributed by atoms with Crippen LogP contribution in [0, 0.1) is 0 Å². The van der Waals surface area contributed by atoms with Crippen LogP contribution in [-0.2, 0) is 20.7 Å². The molecule has 0 aromatic heterocycles. The van der Waals surface area contributed by atoms with Crippen LogP contribution in [0.4, 0.5) is 4.79 Å². The number of hydrogen-bond acceptors (Lipinski definition) is 4. The lowest BCUT2D eigenvalue weighted by Crippen LogP contribution is -2.46. The van der Waals surface area contributed by atoms with Crippen molar-refractivity contribution in [2.45, 2.75) is 24.8 Å². The highest BCUT2D eigenvalue weighted by atomic mass is 16.5. The molecule has 174 valence electrons. The van der Waals surface area contributed by atoms with Crippen molar-refractivity contribution in [3.8, 4) is 11.1 Å². The van der Waals surface area contributed by atoms with Crippen LogP contribution in [0.2, 0.25) is 0 Å². The zero-order valence-electron chi connectivity index (χ0n) is 18.7. The predicted octanol–water partition coefficient (Wildman–Crippen LogP) is 3.13. The number of hydrogen-bond donors (Lipinski definition) is 3. The first kappa shape index (κ1) is 23.0. The first-order valence-corrected chi connectivity index (χ1v) is 11.2. The number of rotatable bonds is 9. The van der Waals surface area contributed by atoms with Gasteiger partial charge in [0.05, 0.1) is 0 Å². The predicted molar refractivity (Wildman–Crippen MR) is 129 cm³/mol. The van der Waals surface area contributed by atoms with Crippen LogP contribution in [0.5, 0.6) is 0 Å². The van der Waals surface area contributed by atoms with Gasteiger partial charge in [0.25, 0.3) is 0 Å². The maximum Gasteiger partial charge on any atom is 0.407 e. The first-order valence-electron chi connectivity index (χ1n) is 11.2. The summed E-state index contributed by atoms with van der Waals surface area (Å²) >= 11 is 0. The van der Waals surface area contributed by atoms with Crippen LogP contribution in [0.3, 0.4) is 0 Å². The molecule has 3 aromatic carbocycles. The molecule has 1 atom stereocenters. The molecule has 0 bridgehead atoms. The lowest BCUT2D eigenvalue weighted by molar-refractivity contribution is -0.127. The van der Waals surface area contributed by atoms with Gasteiger partial charge in [-0.3, -0.25) is 9.59 Å². The normalized spacial score (nSPS) is 12.8. The molecule has 7 nitrogen and oxygen atoms in total. The fraction of sp³-hybridized carbons (Fsp3) is 0.222. The molecule has 3 amide bonds. The summed E-state index contributed by atoms with van der Waals surface area (Å²) in [6, 6.07) is 24.7. The van der Waals surface area contributed by atoms with Crippen molar-refractivity contribution in [3.63, 3.8) is 0 Å². The van der Waals surface area contributed by atoms with E-state index in [0.29, 0.717) is 6.42 Å². The zero-order chi connectivity index (χ0) is 23.9. The van der Waals surface area contributed by atoms with Crippen LogP contribution in [0.15, 0.2) is 78.9 Å². The second-order valence-electron chi connectivity index (χ2n) is 8.21. The Bertz CT molecular complexity index is 1130. The second kappa shape index (κ2) is 10.7. The van der Waals surface area contributed by atoms with Gasteiger partial charge in [-0.1, -0.05) is 78.9 Å². The first-order chi connectivity index (χ1) is 16.5. The summed E-state index contributed by atoms with van der Waals surface area (Å²) in [5, 5.41) is 5.23. The second-order valence-corrected chi connectivity index (χ2v) is 8.21. The highest BCUT2D eigenvalue weighted by molar-refractivity contribution is 5.87. The lowest BCUT2D eigenvalue weighted by atomic mass is 9.98. The molecule has 1 aliphatic rings. The number of ether oxygens (including phenoxy) is 1. The van der Waals surface area contributed by atoms with E-state index in [0.717, 1.165) is 27.8 Å². The van der Waals surface area contributed by atoms with Crippen molar-refractivity contribution >= 4 is 17.9 Å². The summed E-state index contributed by atoms with van der Waals surface area (Å²) in [6.45, 7) is 0.284. The van der Waals surface area contributed by atoms with Gasteiger partial charge >= 0.3 is 6.09 Å². The van der Waals surface area contributed by atoms with E-state index in [-0.39, 0.29) is 31.4 Å². The van der Waals surface area contributed by atoms with Crippen molar-refractivity contribution < 1.29 is 19.1 Å². The van der Waals surface area contributed by atoms with Crippen LogP contribution in [-0.4, -0.2) is 37.1 Å². The van der Waals surface area contributed by atoms with Gasteiger partial charge in [-0.2, -0.15) is 0 Å². The monoisotopic (exact) mass is 457 g/mol. The molecular formula is C27H27N3O4. The topological polar surface area (TPSA) is 111 Å². The SMILES string of the molecule is NC(=O)[C@H](Cc1ccccc1)NC(=O)CCNC(=O)OCC1c2ccccc2-c2ccccc21. The molecule has 7 heteroatoms. The van der Waals surface area contributed by atoms with Gasteiger partial charge in [0.15, 0.2) is 0 Å². The van der Waals surface area contributed by atoms with Gasteiger partial charge < -0.3 is 21.1 Å². The van der Waals surface area contributed by atoms with Crippen molar-refractivity contribution in [1.82, 2.24) is 10.6 Å². The van der Waals surface area contributed by atoms with E-state index in [1.165, 1.54) is 0 Å². The standard InChI is InChI=1S/C27H27N3O4/c28-26(32)24(16-18-8-2-1-3-9-18)30-25(31)14-15-29-27(33)34-17-23-21-12-6-4-10-19(21)20-11-5-7-13-22(20)23/h1-13,23-24H,14-17H2,(H2,28,32)(H,29,33)(H,30,31)/t24-/m0/s1. The summed E-state index contributed by atoms with van der Waals surface area (Å²) in [5.41, 5.74) is 10.9. The molecule has 3 aromatic rings. The number of benzene rings is 3. The van der Waals surface area contributed by atoms with Crippen LogP contribution >= 0.6 is 0 Å². The van der Waals surface area contributed by atoms with Gasteiger partial charge in [-0.15, -0.1) is 0 Å². The van der Waals surface area contributed by atoms with Gasteiger partial charge in [-0.25, -0.2) is 4.79 Å². The van der Waals surface area contributed by atoms with Crippen molar-refractivity contribution in [2.24, 2.45) is 5.73 Å². The molecule has 1 aliphatic carbocycles. The molecule has 0 heterocycles. The number of nitrogens with one attached hydrogen (secondary N) is 2. The Labute approximate surface area is 198 Å². The molecule has 0 radical (unpaired) electrons. The fourth-order valence-corrected chi connectivity index (χ4v) is 4.27.